The first kappa shape index (κ1) is 21.8. The number of ether oxygens (including phenoxy) is 1. The minimum Gasteiger partial charge on any atom is -0.370 e. The molecule has 1 aliphatic heterocycles. The van der Waals surface area contributed by atoms with Gasteiger partial charge in [-0.2, -0.15) is 0 Å². The molecular formula is C24H34N4O3. The molecule has 1 aromatic carbocycles. The van der Waals surface area contributed by atoms with Crippen molar-refractivity contribution in [3.05, 3.63) is 23.5 Å². The number of aromatic nitrogens is 2. The largest absolute Gasteiger partial charge is 0.370 e. The topological polar surface area (TPSA) is 85.2 Å². The number of fused-ring (bicyclic) bond motifs is 1. The minimum atomic E-state index is -0.146. The van der Waals surface area contributed by atoms with Crippen molar-refractivity contribution in [1.82, 2.24) is 14.9 Å². The first-order valence-corrected chi connectivity index (χ1v) is 11.6. The Bertz CT molecular complexity index is 953. The van der Waals surface area contributed by atoms with Crippen molar-refractivity contribution in [3.63, 3.8) is 0 Å². The molecule has 1 saturated carbocycles. The van der Waals surface area contributed by atoms with Crippen LogP contribution in [0.5, 0.6) is 0 Å². The quantitative estimate of drug-likeness (QED) is 0.690. The highest BCUT2D eigenvalue weighted by Gasteiger charge is 2.26. The van der Waals surface area contributed by atoms with Crippen molar-refractivity contribution in [2.75, 3.05) is 18.5 Å². The first-order valence-electron chi connectivity index (χ1n) is 11.6. The molecule has 2 aromatic rings. The standard InChI is InChI=1S/C24H34N4O3/c1-15(2)14-25-24(30)18-12-17(26-21(29)11-16-7-4-5-8-16)13-19-22(18)28(3)23(27-19)20-9-6-10-31-20/h12-13,15-16,20H,4-11,14H2,1-3H3,(H,25,30)(H,26,29). The van der Waals surface area contributed by atoms with E-state index in [1.54, 1.807) is 6.07 Å². The van der Waals surface area contributed by atoms with Crippen LogP contribution in [0.1, 0.15) is 81.1 Å². The van der Waals surface area contributed by atoms with Gasteiger partial charge in [-0.3, -0.25) is 9.59 Å². The summed E-state index contributed by atoms with van der Waals surface area (Å²) < 4.78 is 7.82. The molecule has 7 nitrogen and oxygen atoms in total. The van der Waals surface area contributed by atoms with Crippen LogP contribution in [0, 0.1) is 11.8 Å². The lowest BCUT2D eigenvalue weighted by Gasteiger charge is -2.14. The predicted octanol–water partition coefficient (Wildman–Crippen LogP) is 4.33. The highest BCUT2D eigenvalue weighted by atomic mass is 16.5. The molecule has 4 rings (SSSR count). The first-order chi connectivity index (χ1) is 14.9. The van der Waals surface area contributed by atoms with Gasteiger partial charge >= 0.3 is 0 Å². The zero-order valence-corrected chi connectivity index (χ0v) is 18.9. The Balaban J connectivity index is 1.66. The van der Waals surface area contributed by atoms with Gasteiger partial charge < -0.3 is 19.9 Å². The number of amides is 2. The third-order valence-electron chi connectivity index (χ3n) is 6.37. The summed E-state index contributed by atoms with van der Waals surface area (Å²) in [5.74, 6) is 1.52. The van der Waals surface area contributed by atoms with Crippen LogP contribution in [0.4, 0.5) is 5.69 Å². The molecule has 0 spiro atoms. The third-order valence-corrected chi connectivity index (χ3v) is 6.37. The Morgan fingerprint density at radius 1 is 1.19 bits per heavy atom. The molecule has 1 aliphatic carbocycles. The summed E-state index contributed by atoms with van der Waals surface area (Å²) in [6.07, 6.45) is 7.10. The van der Waals surface area contributed by atoms with Crippen molar-refractivity contribution < 1.29 is 14.3 Å². The number of aryl methyl sites for hydroxylation is 1. The molecule has 1 aromatic heterocycles. The molecule has 1 atom stereocenters. The van der Waals surface area contributed by atoms with Gasteiger partial charge in [0.15, 0.2) is 0 Å². The van der Waals surface area contributed by atoms with Crippen LogP contribution >= 0.6 is 0 Å². The number of nitrogens with one attached hydrogen (secondary N) is 2. The summed E-state index contributed by atoms with van der Waals surface area (Å²) in [6, 6.07) is 3.66. The van der Waals surface area contributed by atoms with Gasteiger partial charge in [0.25, 0.3) is 5.91 Å². The van der Waals surface area contributed by atoms with Crippen molar-refractivity contribution in [1.29, 1.82) is 0 Å². The van der Waals surface area contributed by atoms with E-state index < -0.39 is 0 Å². The van der Waals surface area contributed by atoms with Gasteiger partial charge in [0.2, 0.25) is 5.91 Å². The summed E-state index contributed by atoms with van der Waals surface area (Å²) in [5, 5.41) is 6.03. The number of hydrogen-bond donors (Lipinski definition) is 2. The number of hydrogen-bond acceptors (Lipinski definition) is 4. The van der Waals surface area contributed by atoms with Gasteiger partial charge in [-0.25, -0.2) is 4.98 Å². The van der Waals surface area contributed by atoms with E-state index in [0.29, 0.717) is 41.6 Å². The number of carbonyl (C=O) groups is 2. The van der Waals surface area contributed by atoms with Crippen molar-refractivity contribution >= 4 is 28.5 Å². The average molecular weight is 427 g/mol. The van der Waals surface area contributed by atoms with Crippen molar-refractivity contribution in [3.8, 4) is 0 Å². The zero-order chi connectivity index (χ0) is 22.0. The SMILES string of the molecule is CC(C)CNC(=O)c1cc(NC(=O)CC2CCCC2)cc2nc(C3CCCO3)n(C)c12. The lowest BCUT2D eigenvalue weighted by atomic mass is 10.0. The maximum absolute atomic E-state index is 13.1. The smallest absolute Gasteiger partial charge is 0.253 e. The van der Waals surface area contributed by atoms with E-state index in [1.165, 1.54) is 12.8 Å². The Kier molecular flexibility index (Phi) is 6.60. The maximum atomic E-state index is 13.1. The fourth-order valence-electron chi connectivity index (χ4n) is 4.77. The van der Waals surface area contributed by atoms with Crippen LogP contribution in [-0.2, 0) is 16.6 Å². The number of anilines is 1. The molecule has 168 valence electrons. The van der Waals surface area contributed by atoms with Gasteiger partial charge in [-0.1, -0.05) is 26.7 Å². The fraction of sp³-hybridized carbons (Fsp3) is 0.625. The van der Waals surface area contributed by atoms with E-state index in [-0.39, 0.29) is 17.9 Å². The molecule has 1 saturated heterocycles. The van der Waals surface area contributed by atoms with Crippen LogP contribution in [-0.4, -0.2) is 34.5 Å². The van der Waals surface area contributed by atoms with E-state index in [9.17, 15) is 9.59 Å². The number of imidazole rings is 1. The predicted molar refractivity (Wildman–Crippen MR) is 121 cm³/mol. The van der Waals surface area contributed by atoms with Crippen LogP contribution in [0.2, 0.25) is 0 Å². The Labute approximate surface area is 183 Å². The molecule has 2 aliphatic rings. The van der Waals surface area contributed by atoms with Gasteiger partial charge in [0.05, 0.1) is 16.6 Å². The zero-order valence-electron chi connectivity index (χ0n) is 18.9. The second-order valence-corrected chi connectivity index (χ2v) is 9.43. The number of benzene rings is 1. The number of rotatable bonds is 7. The van der Waals surface area contributed by atoms with E-state index in [4.69, 9.17) is 9.72 Å². The van der Waals surface area contributed by atoms with Gasteiger partial charge in [0, 0.05) is 32.3 Å². The van der Waals surface area contributed by atoms with Crippen LogP contribution < -0.4 is 10.6 Å². The van der Waals surface area contributed by atoms with Crippen molar-refractivity contribution in [2.45, 2.75) is 64.9 Å². The van der Waals surface area contributed by atoms with Crippen molar-refractivity contribution in [2.24, 2.45) is 18.9 Å². The van der Waals surface area contributed by atoms with Gasteiger partial charge in [0.1, 0.15) is 11.9 Å². The summed E-state index contributed by atoms with van der Waals surface area (Å²) in [5.41, 5.74) is 2.65. The van der Waals surface area contributed by atoms with E-state index in [2.05, 4.69) is 24.5 Å². The van der Waals surface area contributed by atoms with E-state index >= 15 is 0 Å². The number of carbonyl (C=O) groups excluding carboxylic acids is 2. The lowest BCUT2D eigenvalue weighted by Crippen LogP contribution is -2.28. The normalized spacial score (nSPS) is 19.4. The third kappa shape index (κ3) is 4.92. The maximum Gasteiger partial charge on any atom is 0.253 e. The summed E-state index contributed by atoms with van der Waals surface area (Å²) in [4.78, 5) is 30.5. The monoisotopic (exact) mass is 426 g/mol. The molecular weight excluding hydrogens is 392 g/mol. The highest BCUT2D eigenvalue weighted by Crippen LogP contribution is 2.33. The molecule has 31 heavy (non-hydrogen) atoms. The second-order valence-electron chi connectivity index (χ2n) is 9.43. The van der Waals surface area contributed by atoms with E-state index in [1.807, 2.05) is 17.7 Å². The van der Waals surface area contributed by atoms with Gasteiger partial charge in [-0.15, -0.1) is 0 Å². The average Bonchev–Trinajstić information content (AvgIpc) is 3.47. The molecule has 7 heteroatoms. The summed E-state index contributed by atoms with van der Waals surface area (Å²) in [7, 11) is 1.93. The Morgan fingerprint density at radius 3 is 2.65 bits per heavy atom. The molecule has 2 N–H and O–H groups in total. The van der Waals surface area contributed by atoms with Crippen LogP contribution in [0.25, 0.3) is 11.0 Å². The summed E-state index contributed by atoms with van der Waals surface area (Å²) in [6.45, 7) is 5.46. The highest BCUT2D eigenvalue weighted by molar-refractivity contribution is 6.07. The second kappa shape index (κ2) is 9.39. The Hall–Kier alpha value is -2.41. The minimum absolute atomic E-state index is 0.00932. The number of nitrogens with zero attached hydrogens (tertiary/aromatic N) is 2. The Morgan fingerprint density at radius 2 is 1.97 bits per heavy atom. The van der Waals surface area contributed by atoms with Gasteiger partial charge in [-0.05, 0) is 49.7 Å². The fourth-order valence-corrected chi connectivity index (χ4v) is 4.77. The van der Waals surface area contributed by atoms with E-state index in [0.717, 1.165) is 43.6 Å². The molecule has 2 amide bonds. The lowest BCUT2D eigenvalue weighted by molar-refractivity contribution is -0.117. The molecule has 0 radical (unpaired) electrons. The van der Waals surface area contributed by atoms with Crippen LogP contribution in [0.15, 0.2) is 12.1 Å². The summed E-state index contributed by atoms with van der Waals surface area (Å²) >= 11 is 0. The molecule has 1 unspecified atom stereocenters. The molecule has 2 heterocycles. The molecule has 2 fully saturated rings. The van der Waals surface area contributed by atoms with Crippen LogP contribution in [0.3, 0.4) is 0 Å². The molecule has 0 bridgehead atoms.